The summed E-state index contributed by atoms with van der Waals surface area (Å²) in [7, 11) is 1.92. The maximum absolute atomic E-state index is 12.8. The van der Waals surface area contributed by atoms with Crippen molar-refractivity contribution in [2.45, 2.75) is 31.4 Å². The molecule has 1 aromatic heterocycles. The van der Waals surface area contributed by atoms with E-state index >= 15 is 0 Å². The van der Waals surface area contributed by atoms with Crippen LogP contribution in [-0.4, -0.2) is 39.8 Å². The molecular formula is C18H21N3O2. The number of fused-ring (bicyclic) bond motifs is 1. The Morgan fingerprint density at radius 2 is 2.22 bits per heavy atom. The van der Waals surface area contributed by atoms with Crippen molar-refractivity contribution in [2.75, 3.05) is 13.2 Å². The molecule has 0 unspecified atom stereocenters. The molecule has 2 aliphatic rings. The molecule has 0 bridgehead atoms. The molecule has 5 heteroatoms. The highest BCUT2D eigenvalue weighted by atomic mass is 16.5. The molecular weight excluding hydrogens is 290 g/mol. The number of benzene rings is 1. The molecule has 2 aliphatic heterocycles. The summed E-state index contributed by atoms with van der Waals surface area (Å²) in [5.41, 5.74) is 3.68. The van der Waals surface area contributed by atoms with E-state index in [-0.39, 0.29) is 17.9 Å². The molecule has 2 atom stereocenters. The predicted molar refractivity (Wildman–Crippen MR) is 85.9 cm³/mol. The van der Waals surface area contributed by atoms with Crippen molar-refractivity contribution in [3.63, 3.8) is 0 Å². The van der Waals surface area contributed by atoms with E-state index in [4.69, 9.17) is 4.74 Å². The van der Waals surface area contributed by atoms with Gasteiger partial charge in [-0.1, -0.05) is 24.3 Å². The lowest BCUT2D eigenvalue weighted by Gasteiger charge is -2.35. The standard InChI is InChI=1S/C18H21N3O2/c1-20-10-14(9-19-20)16-12-21(18(22)17-7-4-8-23-17)11-13-5-2-3-6-15(13)16/h2-3,5-6,9-10,16-17H,4,7-8,11-12H2,1H3/t16-,17+/m1/s1. The van der Waals surface area contributed by atoms with Crippen molar-refractivity contribution in [3.8, 4) is 0 Å². The van der Waals surface area contributed by atoms with Gasteiger partial charge in [0.05, 0.1) is 6.20 Å². The SMILES string of the molecule is Cn1cc([C@H]2CN(C(=O)[C@@H]3CCCO3)Cc3ccccc32)cn1. The second-order valence-electron chi connectivity index (χ2n) is 6.42. The number of amides is 1. The van der Waals surface area contributed by atoms with Gasteiger partial charge in [-0.3, -0.25) is 9.48 Å². The Balaban J connectivity index is 1.66. The zero-order chi connectivity index (χ0) is 15.8. The summed E-state index contributed by atoms with van der Waals surface area (Å²) in [6, 6.07) is 8.40. The van der Waals surface area contributed by atoms with E-state index in [0.717, 1.165) is 18.4 Å². The first kappa shape index (κ1) is 14.5. The first-order valence-electron chi connectivity index (χ1n) is 8.19. The molecule has 5 nitrogen and oxygen atoms in total. The average Bonchev–Trinajstić information content (AvgIpc) is 3.24. The lowest BCUT2D eigenvalue weighted by molar-refractivity contribution is -0.142. The van der Waals surface area contributed by atoms with Crippen molar-refractivity contribution in [2.24, 2.45) is 7.05 Å². The van der Waals surface area contributed by atoms with Crippen LogP contribution < -0.4 is 0 Å². The maximum Gasteiger partial charge on any atom is 0.252 e. The molecule has 120 valence electrons. The first-order valence-corrected chi connectivity index (χ1v) is 8.19. The van der Waals surface area contributed by atoms with Gasteiger partial charge in [0, 0.05) is 38.9 Å². The minimum absolute atomic E-state index is 0.130. The smallest absolute Gasteiger partial charge is 0.252 e. The van der Waals surface area contributed by atoms with Gasteiger partial charge in [-0.15, -0.1) is 0 Å². The van der Waals surface area contributed by atoms with Gasteiger partial charge in [0.25, 0.3) is 5.91 Å². The number of carbonyl (C=O) groups excluding carboxylic acids is 1. The van der Waals surface area contributed by atoms with Crippen LogP contribution in [0.25, 0.3) is 0 Å². The fraction of sp³-hybridized carbons (Fsp3) is 0.444. The molecule has 23 heavy (non-hydrogen) atoms. The lowest BCUT2D eigenvalue weighted by Crippen LogP contribution is -2.43. The second-order valence-corrected chi connectivity index (χ2v) is 6.42. The molecule has 4 rings (SSSR count). The van der Waals surface area contributed by atoms with Crippen LogP contribution in [0.4, 0.5) is 0 Å². The first-order chi connectivity index (χ1) is 11.2. The van der Waals surface area contributed by atoms with E-state index in [0.29, 0.717) is 19.7 Å². The molecule has 0 radical (unpaired) electrons. The number of hydrogen-bond donors (Lipinski definition) is 0. The number of carbonyl (C=O) groups is 1. The van der Waals surface area contributed by atoms with Crippen molar-refractivity contribution < 1.29 is 9.53 Å². The fourth-order valence-corrected chi connectivity index (χ4v) is 3.66. The normalized spacial score (nSPS) is 23.8. The van der Waals surface area contributed by atoms with E-state index in [9.17, 15) is 4.79 Å². The summed E-state index contributed by atoms with van der Waals surface area (Å²) < 4.78 is 7.41. The quantitative estimate of drug-likeness (QED) is 0.853. The van der Waals surface area contributed by atoms with Crippen LogP contribution >= 0.6 is 0 Å². The van der Waals surface area contributed by atoms with Crippen molar-refractivity contribution in [3.05, 3.63) is 53.3 Å². The third-order valence-electron chi connectivity index (χ3n) is 4.84. The maximum atomic E-state index is 12.8. The van der Waals surface area contributed by atoms with Gasteiger partial charge in [-0.25, -0.2) is 0 Å². The predicted octanol–water partition coefficient (Wildman–Crippen LogP) is 2.07. The van der Waals surface area contributed by atoms with Gasteiger partial charge >= 0.3 is 0 Å². The highest BCUT2D eigenvalue weighted by Crippen LogP contribution is 2.34. The van der Waals surface area contributed by atoms with Crippen LogP contribution in [0.1, 0.15) is 35.4 Å². The summed E-state index contributed by atoms with van der Waals surface area (Å²) in [5, 5.41) is 4.30. The monoisotopic (exact) mass is 311 g/mol. The van der Waals surface area contributed by atoms with Crippen LogP contribution in [0.15, 0.2) is 36.7 Å². The topological polar surface area (TPSA) is 47.4 Å². The molecule has 2 aromatic rings. The highest BCUT2D eigenvalue weighted by Gasteiger charge is 2.34. The summed E-state index contributed by atoms with van der Waals surface area (Å²) in [5.74, 6) is 0.310. The molecule has 1 saturated heterocycles. The van der Waals surface area contributed by atoms with E-state index in [1.54, 1.807) is 0 Å². The molecule has 3 heterocycles. The summed E-state index contributed by atoms with van der Waals surface area (Å²) in [6.45, 7) is 2.07. The van der Waals surface area contributed by atoms with Gasteiger partial charge in [-0.2, -0.15) is 5.10 Å². The molecule has 1 aromatic carbocycles. The van der Waals surface area contributed by atoms with E-state index < -0.39 is 0 Å². The van der Waals surface area contributed by atoms with Crippen LogP contribution in [0, 0.1) is 0 Å². The Morgan fingerprint density at radius 1 is 1.35 bits per heavy atom. The Bertz CT molecular complexity index is 719. The van der Waals surface area contributed by atoms with E-state index in [2.05, 4.69) is 23.3 Å². The lowest BCUT2D eigenvalue weighted by atomic mass is 9.86. The zero-order valence-electron chi connectivity index (χ0n) is 13.3. The van der Waals surface area contributed by atoms with E-state index in [1.807, 2.05) is 35.1 Å². The summed E-state index contributed by atoms with van der Waals surface area (Å²) in [6.07, 6.45) is 5.51. The highest BCUT2D eigenvalue weighted by molar-refractivity contribution is 5.81. The molecule has 1 amide bonds. The molecule has 0 N–H and O–H groups in total. The van der Waals surface area contributed by atoms with Gasteiger partial charge in [-0.05, 0) is 29.5 Å². The number of rotatable bonds is 2. The van der Waals surface area contributed by atoms with E-state index in [1.165, 1.54) is 11.1 Å². The molecule has 0 spiro atoms. The Hall–Kier alpha value is -2.14. The van der Waals surface area contributed by atoms with Gasteiger partial charge in [0.1, 0.15) is 6.10 Å². The number of ether oxygens (including phenoxy) is 1. The minimum Gasteiger partial charge on any atom is -0.368 e. The third-order valence-corrected chi connectivity index (χ3v) is 4.84. The molecule has 0 aliphatic carbocycles. The Labute approximate surface area is 135 Å². The summed E-state index contributed by atoms with van der Waals surface area (Å²) >= 11 is 0. The number of hydrogen-bond acceptors (Lipinski definition) is 3. The van der Waals surface area contributed by atoms with Crippen molar-refractivity contribution >= 4 is 5.91 Å². The number of aromatic nitrogens is 2. The number of nitrogens with zero attached hydrogens (tertiary/aromatic N) is 3. The van der Waals surface area contributed by atoms with Gasteiger partial charge in [0.15, 0.2) is 0 Å². The van der Waals surface area contributed by atoms with Crippen LogP contribution in [0.2, 0.25) is 0 Å². The van der Waals surface area contributed by atoms with Gasteiger partial charge < -0.3 is 9.64 Å². The number of aryl methyl sites for hydroxylation is 1. The van der Waals surface area contributed by atoms with Crippen LogP contribution in [-0.2, 0) is 23.1 Å². The second kappa shape index (κ2) is 5.81. The zero-order valence-corrected chi connectivity index (χ0v) is 13.3. The summed E-state index contributed by atoms with van der Waals surface area (Å²) in [4.78, 5) is 14.7. The Morgan fingerprint density at radius 3 is 2.96 bits per heavy atom. The van der Waals surface area contributed by atoms with Gasteiger partial charge in [0.2, 0.25) is 0 Å². The van der Waals surface area contributed by atoms with Crippen LogP contribution in [0.3, 0.4) is 0 Å². The average molecular weight is 311 g/mol. The van der Waals surface area contributed by atoms with Crippen molar-refractivity contribution in [1.82, 2.24) is 14.7 Å². The van der Waals surface area contributed by atoms with Crippen molar-refractivity contribution in [1.29, 1.82) is 0 Å². The van der Waals surface area contributed by atoms with Crippen LogP contribution in [0.5, 0.6) is 0 Å². The largest absolute Gasteiger partial charge is 0.368 e. The Kier molecular flexibility index (Phi) is 3.65. The minimum atomic E-state index is -0.255. The third kappa shape index (κ3) is 2.65. The molecule has 1 fully saturated rings. The fourth-order valence-electron chi connectivity index (χ4n) is 3.66. The molecule has 0 saturated carbocycles.